The minimum absolute atomic E-state index is 0.0353. The van der Waals surface area contributed by atoms with Crippen LogP contribution in [0.3, 0.4) is 0 Å². The van der Waals surface area contributed by atoms with E-state index in [2.05, 4.69) is 0 Å². The van der Waals surface area contributed by atoms with Crippen molar-refractivity contribution in [2.24, 2.45) is 0 Å². The van der Waals surface area contributed by atoms with E-state index in [1.807, 2.05) is 17.0 Å². The number of ether oxygens (including phenoxy) is 1. The number of hydrogen-bond acceptors (Lipinski definition) is 6. The maximum Gasteiger partial charge on any atom is 0.248 e. The topological polar surface area (TPSA) is 104 Å². The number of rotatable bonds is 7. The Balaban J connectivity index is 1.26. The zero-order chi connectivity index (χ0) is 26.4. The largest absolute Gasteiger partial charge is 0.363 e. The molecule has 0 bridgehead atoms. The monoisotopic (exact) mass is 547 g/mol. The fraction of sp³-hybridized carbons (Fsp3) is 0.500. The molecule has 1 saturated carbocycles. The number of carbonyl (C=O) groups excluding carboxylic acids is 1. The van der Waals surface area contributed by atoms with Gasteiger partial charge in [-0.05, 0) is 54.5 Å². The number of hydrogen-bond donors (Lipinski definition) is 0. The minimum atomic E-state index is -3.67. The maximum absolute atomic E-state index is 13.4. The summed E-state index contributed by atoms with van der Waals surface area (Å²) in [4.78, 5) is 14.4. The van der Waals surface area contributed by atoms with Crippen LogP contribution in [0.1, 0.15) is 31.2 Å². The first-order valence-electron chi connectivity index (χ1n) is 12.5. The van der Waals surface area contributed by atoms with E-state index in [-0.39, 0.29) is 23.2 Å². The van der Waals surface area contributed by atoms with Crippen molar-refractivity contribution in [1.82, 2.24) is 13.5 Å². The van der Waals surface area contributed by atoms with E-state index in [1.165, 1.54) is 22.7 Å². The molecule has 1 amide bonds. The Morgan fingerprint density at radius 1 is 0.973 bits per heavy atom. The SMILES string of the molecule is CN(C)S(=O)(=O)Cc1cccc(-c2ccc(S(=O)(=O)N3CCC4(CC3)CN(C3CC3)C(=O)CO4)cc2)c1. The molecular formula is C26H33N3O6S2. The van der Waals surface area contributed by atoms with E-state index in [0.29, 0.717) is 44.1 Å². The first kappa shape index (κ1) is 26.3. The zero-order valence-electron chi connectivity index (χ0n) is 21.2. The lowest BCUT2D eigenvalue weighted by molar-refractivity contribution is -0.170. The molecule has 11 heteroatoms. The molecule has 37 heavy (non-hydrogen) atoms. The summed E-state index contributed by atoms with van der Waals surface area (Å²) >= 11 is 0. The van der Waals surface area contributed by atoms with Crippen LogP contribution in [0.4, 0.5) is 0 Å². The number of nitrogens with zero attached hydrogens (tertiary/aromatic N) is 3. The molecule has 2 aromatic rings. The second kappa shape index (κ2) is 9.77. The fourth-order valence-corrected chi connectivity index (χ4v) is 7.35. The third-order valence-corrected chi connectivity index (χ3v) is 11.3. The highest BCUT2D eigenvalue weighted by Crippen LogP contribution is 2.37. The van der Waals surface area contributed by atoms with Gasteiger partial charge < -0.3 is 9.64 Å². The Kier molecular flexibility index (Phi) is 6.95. The maximum atomic E-state index is 13.4. The van der Waals surface area contributed by atoms with Crippen LogP contribution in [0, 0.1) is 0 Å². The average molecular weight is 548 g/mol. The number of benzene rings is 2. The van der Waals surface area contributed by atoms with Gasteiger partial charge in [0.1, 0.15) is 6.61 Å². The van der Waals surface area contributed by atoms with E-state index in [0.717, 1.165) is 24.0 Å². The molecule has 0 atom stereocenters. The van der Waals surface area contributed by atoms with Gasteiger partial charge in [0.2, 0.25) is 26.0 Å². The van der Waals surface area contributed by atoms with Crippen LogP contribution in [-0.2, 0) is 35.3 Å². The smallest absolute Gasteiger partial charge is 0.248 e. The molecule has 2 heterocycles. The summed E-state index contributed by atoms with van der Waals surface area (Å²) in [5.41, 5.74) is 1.83. The van der Waals surface area contributed by atoms with Crippen LogP contribution in [-0.4, -0.2) is 88.2 Å². The summed E-state index contributed by atoms with van der Waals surface area (Å²) in [7, 11) is -4.05. The first-order valence-corrected chi connectivity index (χ1v) is 15.6. The molecule has 1 aliphatic carbocycles. The predicted molar refractivity (Wildman–Crippen MR) is 140 cm³/mol. The summed E-state index contributed by atoms with van der Waals surface area (Å²) in [6, 6.07) is 14.3. The van der Waals surface area contributed by atoms with Crippen LogP contribution in [0.15, 0.2) is 53.4 Å². The van der Waals surface area contributed by atoms with Crippen molar-refractivity contribution in [3.63, 3.8) is 0 Å². The normalized spacial score (nSPS) is 21.1. The van der Waals surface area contributed by atoms with Gasteiger partial charge in [-0.2, -0.15) is 4.31 Å². The molecule has 5 rings (SSSR count). The van der Waals surface area contributed by atoms with Gasteiger partial charge in [0.05, 0.1) is 22.8 Å². The van der Waals surface area contributed by atoms with E-state index in [9.17, 15) is 21.6 Å². The standard InChI is InChI=1S/C26H33N3O6S2/c1-27(2)36(31,32)18-20-4-3-5-22(16-20)21-6-10-24(11-7-21)37(33,34)28-14-12-26(13-15-28)19-29(23-8-9-23)25(30)17-35-26/h3-7,10-11,16,23H,8-9,12-15,17-19H2,1-2H3. The molecule has 3 aliphatic rings. The Hall–Kier alpha value is -2.31. The molecule has 0 unspecified atom stereocenters. The van der Waals surface area contributed by atoms with Crippen LogP contribution in [0.25, 0.3) is 11.1 Å². The van der Waals surface area contributed by atoms with Crippen molar-refractivity contribution >= 4 is 26.0 Å². The zero-order valence-corrected chi connectivity index (χ0v) is 22.8. The van der Waals surface area contributed by atoms with Crippen molar-refractivity contribution in [1.29, 1.82) is 0 Å². The Labute approximate surface area is 219 Å². The van der Waals surface area contributed by atoms with Gasteiger partial charge in [-0.25, -0.2) is 21.1 Å². The Morgan fingerprint density at radius 2 is 1.65 bits per heavy atom. The van der Waals surface area contributed by atoms with E-state index in [4.69, 9.17) is 4.74 Å². The first-order chi connectivity index (χ1) is 17.5. The second-order valence-electron chi connectivity index (χ2n) is 10.4. The summed E-state index contributed by atoms with van der Waals surface area (Å²) in [6.07, 6.45) is 3.20. The molecule has 2 aliphatic heterocycles. The highest BCUT2D eigenvalue weighted by Gasteiger charge is 2.47. The van der Waals surface area contributed by atoms with Gasteiger partial charge >= 0.3 is 0 Å². The predicted octanol–water partition coefficient (Wildman–Crippen LogP) is 2.29. The molecule has 1 spiro atoms. The molecule has 0 aromatic heterocycles. The number of amides is 1. The van der Waals surface area contributed by atoms with E-state index in [1.54, 1.807) is 36.4 Å². The van der Waals surface area contributed by atoms with Crippen molar-refractivity contribution in [2.45, 2.75) is 48.0 Å². The van der Waals surface area contributed by atoms with Gasteiger partial charge in [0.15, 0.2) is 0 Å². The highest BCUT2D eigenvalue weighted by atomic mass is 32.2. The van der Waals surface area contributed by atoms with E-state index >= 15 is 0 Å². The lowest BCUT2D eigenvalue weighted by Gasteiger charge is -2.46. The van der Waals surface area contributed by atoms with Crippen molar-refractivity contribution in [3.05, 3.63) is 54.1 Å². The lowest BCUT2D eigenvalue weighted by Crippen LogP contribution is -2.59. The van der Waals surface area contributed by atoms with Gasteiger partial charge in [-0.15, -0.1) is 0 Å². The van der Waals surface area contributed by atoms with Crippen molar-refractivity contribution in [2.75, 3.05) is 40.3 Å². The number of piperidine rings is 1. The highest BCUT2D eigenvalue weighted by molar-refractivity contribution is 7.89. The Morgan fingerprint density at radius 3 is 2.27 bits per heavy atom. The molecule has 3 fully saturated rings. The van der Waals surface area contributed by atoms with Crippen molar-refractivity contribution in [3.8, 4) is 11.1 Å². The summed E-state index contributed by atoms with van der Waals surface area (Å²) < 4.78 is 59.9. The van der Waals surface area contributed by atoms with Crippen LogP contribution >= 0.6 is 0 Å². The summed E-state index contributed by atoms with van der Waals surface area (Å²) in [5, 5.41) is 0. The molecule has 0 radical (unpaired) electrons. The summed E-state index contributed by atoms with van der Waals surface area (Å²) in [5.74, 6) is -0.0688. The molecule has 200 valence electrons. The average Bonchev–Trinajstić information content (AvgIpc) is 3.71. The quantitative estimate of drug-likeness (QED) is 0.527. The minimum Gasteiger partial charge on any atom is -0.363 e. The molecule has 9 nitrogen and oxygen atoms in total. The van der Waals surface area contributed by atoms with Crippen LogP contribution in [0.5, 0.6) is 0 Å². The van der Waals surface area contributed by atoms with Crippen molar-refractivity contribution < 1.29 is 26.4 Å². The van der Waals surface area contributed by atoms with Gasteiger partial charge in [-0.1, -0.05) is 36.4 Å². The fourth-order valence-electron chi connectivity index (χ4n) is 5.05. The number of carbonyl (C=O) groups is 1. The van der Waals surface area contributed by atoms with E-state index < -0.39 is 25.6 Å². The third kappa shape index (κ3) is 5.46. The Bertz CT molecular complexity index is 1380. The number of morpholine rings is 1. The lowest BCUT2D eigenvalue weighted by atomic mass is 9.90. The molecule has 2 saturated heterocycles. The van der Waals surface area contributed by atoms with Gasteiger partial charge in [-0.3, -0.25) is 4.79 Å². The van der Waals surface area contributed by atoms with Crippen LogP contribution < -0.4 is 0 Å². The molecule has 0 N–H and O–H groups in total. The van der Waals surface area contributed by atoms with Crippen LogP contribution in [0.2, 0.25) is 0 Å². The number of sulfonamides is 2. The third-order valence-electron chi connectivity index (χ3n) is 7.56. The second-order valence-corrected chi connectivity index (χ2v) is 14.5. The van der Waals surface area contributed by atoms with Gasteiger partial charge in [0, 0.05) is 33.2 Å². The van der Waals surface area contributed by atoms with Gasteiger partial charge in [0.25, 0.3) is 0 Å². The molecule has 2 aromatic carbocycles. The molecular weight excluding hydrogens is 514 g/mol. The summed E-state index contributed by atoms with van der Waals surface area (Å²) in [6.45, 7) is 1.32.